The maximum atomic E-state index is 12.5. The van der Waals surface area contributed by atoms with Crippen LogP contribution in [0.4, 0.5) is 10.8 Å². The zero-order chi connectivity index (χ0) is 20.4. The van der Waals surface area contributed by atoms with Gasteiger partial charge in [-0.2, -0.15) is 0 Å². The molecular weight excluding hydrogens is 424 g/mol. The van der Waals surface area contributed by atoms with Crippen LogP contribution in [0.3, 0.4) is 0 Å². The van der Waals surface area contributed by atoms with E-state index in [2.05, 4.69) is 15.0 Å². The summed E-state index contributed by atoms with van der Waals surface area (Å²) in [5.74, 6) is -0.733. The second-order valence-corrected chi connectivity index (χ2v) is 11.0. The first-order valence-corrected chi connectivity index (χ1v) is 12.6. The van der Waals surface area contributed by atoms with Gasteiger partial charge in [-0.3, -0.25) is 9.52 Å². The Balaban J connectivity index is 1.64. The number of hydrogen-bond donors (Lipinski definition) is 2. The molecule has 2 heterocycles. The van der Waals surface area contributed by atoms with Gasteiger partial charge in [0.2, 0.25) is 15.9 Å². The summed E-state index contributed by atoms with van der Waals surface area (Å²) in [6, 6.07) is 5.75. The van der Waals surface area contributed by atoms with Crippen LogP contribution in [0.5, 0.6) is 0 Å². The second-order valence-electron chi connectivity index (χ2n) is 6.42. The Hall–Kier alpha value is -2.02. The zero-order valence-electron chi connectivity index (χ0n) is 15.0. The highest BCUT2D eigenvalue weighted by atomic mass is 32.2. The molecule has 9 nitrogen and oxygen atoms in total. The van der Waals surface area contributed by atoms with Crippen LogP contribution >= 0.6 is 11.3 Å². The molecule has 0 aliphatic carbocycles. The van der Waals surface area contributed by atoms with Gasteiger partial charge in [0.1, 0.15) is 0 Å². The molecule has 0 saturated carbocycles. The average molecular weight is 445 g/mol. The van der Waals surface area contributed by atoms with Crippen molar-refractivity contribution < 1.29 is 21.6 Å². The Kier molecular flexibility index (Phi) is 6.03. The second kappa shape index (κ2) is 8.15. The van der Waals surface area contributed by atoms with Crippen LogP contribution in [0, 0.1) is 5.92 Å². The highest BCUT2D eigenvalue weighted by molar-refractivity contribution is 7.93. The zero-order valence-corrected chi connectivity index (χ0v) is 17.5. The van der Waals surface area contributed by atoms with E-state index in [1.165, 1.54) is 46.1 Å². The molecule has 1 aliphatic rings. The first kappa shape index (κ1) is 20.7. The number of benzene rings is 1. The highest BCUT2D eigenvalue weighted by Gasteiger charge is 2.30. The summed E-state index contributed by atoms with van der Waals surface area (Å²) in [4.78, 5) is 16.4. The summed E-state index contributed by atoms with van der Waals surface area (Å²) < 4.78 is 51.7. The molecule has 0 radical (unpaired) electrons. The summed E-state index contributed by atoms with van der Waals surface area (Å²) in [7, 11) is -7.09. The number of sulfonamides is 2. The smallest absolute Gasteiger partial charge is 0.263 e. The van der Waals surface area contributed by atoms with Crippen LogP contribution in [0.1, 0.15) is 12.8 Å². The van der Waals surface area contributed by atoms with Crippen molar-refractivity contribution in [1.29, 1.82) is 0 Å². The monoisotopic (exact) mass is 444 g/mol. The van der Waals surface area contributed by atoms with E-state index in [-0.39, 0.29) is 22.5 Å². The number of amides is 1. The fraction of sp³-hybridized carbons (Fsp3) is 0.375. The van der Waals surface area contributed by atoms with E-state index >= 15 is 0 Å². The van der Waals surface area contributed by atoms with E-state index in [0.29, 0.717) is 25.1 Å². The van der Waals surface area contributed by atoms with Gasteiger partial charge in [0.25, 0.3) is 10.0 Å². The maximum Gasteiger partial charge on any atom is 0.263 e. The largest absolute Gasteiger partial charge is 0.326 e. The summed E-state index contributed by atoms with van der Waals surface area (Å²) in [5, 5.41) is 4.65. The molecule has 152 valence electrons. The van der Waals surface area contributed by atoms with Crippen LogP contribution in [0.25, 0.3) is 0 Å². The van der Waals surface area contributed by atoms with Crippen molar-refractivity contribution in [3.05, 3.63) is 35.8 Å². The third kappa shape index (κ3) is 5.07. The normalized spacial score (nSPS) is 18.5. The van der Waals surface area contributed by atoms with Crippen molar-refractivity contribution in [3.63, 3.8) is 0 Å². The molecule has 1 aromatic heterocycles. The van der Waals surface area contributed by atoms with Crippen LogP contribution in [0.2, 0.25) is 0 Å². The number of carbonyl (C=O) groups is 1. The Bertz CT molecular complexity index is 1030. The average Bonchev–Trinajstić information content (AvgIpc) is 3.14. The maximum absolute atomic E-state index is 12.5. The summed E-state index contributed by atoms with van der Waals surface area (Å²) in [5.41, 5.74) is 0.440. The van der Waals surface area contributed by atoms with E-state index in [4.69, 9.17) is 0 Å². The standard InChI is InChI=1S/C16H20N4O5S3/c1-27(22,23)20-9-2-3-12(11-20)15(21)18-13-4-6-14(7-5-13)28(24,25)19-16-17-8-10-26-16/h4-8,10,12H,2-3,9,11H2,1H3,(H,17,19)(H,18,21)/t12-/m0/s1. The number of piperidine rings is 1. The Morgan fingerprint density at radius 3 is 2.54 bits per heavy atom. The van der Waals surface area contributed by atoms with Crippen molar-refractivity contribution in [2.24, 2.45) is 5.92 Å². The molecule has 1 fully saturated rings. The van der Waals surface area contributed by atoms with Gasteiger partial charge >= 0.3 is 0 Å². The van der Waals surface area contributed by atoms with Gasteiger partial charge in [-0.1, -0.05) is 0 Å². The molecule has 12 heteroatoms. The third-order valence-electron chi connectivity index (χ3n) is 4.31. The van der Waals surface area contributed by atoms with Crippen molar-refractivity contribution in [3.8, 4) is 0 Å². The number of nitrogens with zero attached hydrogens (tertiary/aromatic N) is 2. The predicted octanol–water partition coefficient (Wildman–Crippen LogP) is 1.55. The molecular formula is C16H20N4O5S3. The lowest BCUT2D eigenvalue weighted by Crippen LogP contribution is -2.43. The molecule has 1 aliphatic heterocycles. The topological polar surface area (TPSA) is 126 Å². The lowest BCUT2D eigenvalue weighted by molar-refractivity contribution is -0.120. The van der Waals surface area contributed by atoms with E-state index in [0.717, 1.165) is 6.26 Å². The minimum absolute atomic E-state index is 0.0432. The SMILES string of the molecule is CS(=O)(=O)N1CCC[C@H](C(=O)Nc2ccc(S(=O)(=O)Nc3nccs3)cc2)C1. The van der Waals surface area contributed by atoms with Crippen molar-refractivity contribution in [2.45, 2.75) is 17.7 Å². The molecule has 3 rings (SSSR count). The Morgan fingerprint density at radius 2 is 1.93 bits per heavy atom. The van der Waals surface area contributed by atoms with Crippen molar-refractivity contribution in [1.82, 2.24) is 9.29 Å². The lowest BCUT2D eigenvalue weighted by Gasteiger charge is -2.30. The number of nitrogens with one attached hydrogen (secondary N) is 2. The molecule has 0 bridgehead atoms. The van der Waals surface area contributed by atoms with Gasteiger partial charge in [-0.15, -0.1) is 11.3 Å². The number of anilines is 2. The van der Waals surface area contributed by atoms with Gasteiger partial charge in [0.15, 0.2) is 5.13 Å². The first-order valence-electron chi connectivity index (χ1n) is 8.43. The van der Waals surface area contributed by atoms with Crippen LogP contribution in [0.15, 0.2) is 40.7 Å². The number of thiazole rings is 1. The fourth-order valence-corrected chi connectivity index (χ4v) is 5.57. The number of aromatic nitrogens is 1. The van der Waals surface area contributed by atoms with Gasteiger partial charge in [-0.05, 0) is 37.1 Å². The molecule has 28 heavy (non-hydrogen) atoms. The Labute approximate surface area is 167 Å². The first-order chi connectivity index (χ1) is 13.1. The summed E-state index contributed by atoms with van der Waals surface area (Å²) in [6.07, 6.45) is 3.84. The summed E-state index contributed by atoms with van der Waals surface area (Å²) in [6.45, 7) is 0.566. The van der Waals surface area contributed by atoms with Gasteiger partial charge in [0, 0.05) is 30.4 Å². The highest BCUT2D eigenvalue weighted by Crippen LogP contribution is 2.22. The van der Waals surface area contributed by atoms with Crippen LogP contribution in [-0.2, 0) is 24.8 Å². The molecule has 0 unspecified atom stereocenters. The molecule has 0 spiro atoms. The third-order valence-corrected chi connectivity index (χ3v) is 7.75. The van der Waals surface area contributed by atoms with Gasteiger partial charge < -0.3 is 5.32 Å². The minimum atomic E-state index is -3.76. The summed E-state index contributed by atoms with van der Waals surface area (Å²) >= 11 is 1.17. The van der Waals surface area contributed by atoms with Crippen LogP contribution < -0.4 is 10.0 Å². The minimum Gasteiger partial charge on any atom is -0.326 e. The van der Waals surface area contributed by atoms with E-state index in [1.807, 2.05) is 0 Å². The van der Waals surface area contributed by atoms with Gasteiger partial charge in [-0.25, -0.2) is 26.1 Å². The number of rotatable bonds is 6. The lowest BCUT2D eigenvalue weighted by atomic mass is 9.99. The molecule has 1 aromatic carbocycles. The van der Waals surface area contributed by atoms with Crippen molar-refractivity contribution >= 4 is 48.1 Å². The Morgan fingerprint density at radius 1 is 1.21 bits per heavy atom. The molecule has 1 saturated heterocycles. The van der Waals surface area contributed by atoms with E-state index in [1.54, 1.807) is 5.38 Å². The van der Waals surface area contributed by atoms with Crippen LogP contribution in [-0.4, -0.2) is 51.4 Å². The molecule has 1 atom stereocenters. The molecule has 1 amide bonds. The quantitative estimate of drug-likeness (QED) is 0.696. The van der Waals surface area contributed by atoms with E-state index < -0.39 is 26.0 Å². The van der Waals surface area contributed by atoms with Crippen molar-refractivity contribution in [2.75, 3.05) is 29.4 Å². The molecule has 2 aromatic rings. The van der Waals surface area contributed by atoms with E-state index in [9.17, 15) is 21.6 Å². The fourth-order valence-electron chi connectivity index (χ4n) is 2.87. The van der Waals surface area contributed by atoms with Gasteiger partial charge in [0.05, 0.1) is 17.1 Å². The number of carbonyl (C=O) groups excluding carboxylic acids is 1. The number of hydrogen-bond acceptors (Lipinski definition) is 7. The molecule has 2 N–H and O–H groups in total. The predicted molar refractivity (Wildman–Crippen MR) is 107 cm³/mol.